The number of rotatable bonds is 4. The van der Waals surface area contributed by atoms with Crippen LogP contribution in [0, 0.1) is 0 Å². The van der Waals surface area contributed by atoms with E-state index in [0.717, 1.165) is 36.7 Å². The first-order chi connectivity index (χ1) is 9.85. The molecule has 0 bridgehead atoms. The Balaban J connectivity index is 0.00000161. The summed E-state index contributed by atoms with van der Waals surface area (Å²) in [6.07, 6.45) is 2.50. The van der Waals surface area contributed by atoms with Crippen molar-refractivity contribution < 1.29 is 4.52 Å². The Kier molecular flexibility index (Phi) is 5.79. The zero-order chi connectivity index (χ0) is 13.8. The highest BCUT2D eigenvalue weighted by atomic mass is 35.5. The third-order valence-electron chi connectivity index (χ3n) is 3.92. The van der Waals surface area contributed by atoms with E-state index >= 15 is 0 Å². The molecule has 0 aliphatic carbocycles. The number of hydrogen-bond donors (Lipinski definition) is 1. The van der Waals surface area contributed by atoms with Gasteiger partial charge in [-0.25, -0.2) is 0 Å². The van der Waals surface area contributed by atoms with Crippen LogP contribution >= 0.6 is 12.4 Å². The maximum atomic E-state index is 5.48. The van der Waals surface area contributed by atoms with Gasteiger partial charge in [0.2, 0.25) is 0 Å². The molecule has 2 aromatic rings. The van der Waals surface area contributed by atoms with Gasteiger partial charge in [0.25, 0.3) is 0 Å². The minimum atomic E-state index is 0. The topological polar surface area (TPSA) is 41.3 Å². The van der Waals surface area contributed by atoms with Crippen molar-refractivity contribution in [1.82, 2.24) is 15.4 Å². The minimum Gasteiger partial charge on any atom is -0.359 e. The molecule has 0 amide bonds. The van der Waals surface area contributed by atoms with Crippen LogP contribution in [0.2, 0.25) is 0 Å². The highest BCUT2D eigenvalue weighted by Gasteiger charge is 2.19. The van der Waals surface area contributed by atoms with E-state index in [-0.39, 0.29) is 12.4 Å². The number of likely N-dealkylation sites (N-methyl/N-ethyl adjacent to an activating group) is 1. The fourth-order valence-corrected chi connectivity index (χ4v) is 2.79. The zero-order valence-corrected chi connectivity index (χ0v) is 13.1. The lowest BCUT2D eigenvalue weighted by molar-refractivity contribution is 0.170. The molecule has 5 heteroatoms. The van der Waals surface area contributed by atoms with Crippen LogP contribution in [-0.2, 0) is 6.54 Å². The standard InChI is InChI=1S/C16H21N3O.ClH/c1-17-14-8-5-9-19(11-14)12-15-10-16(18-20-15)13-6-3-2-4-7-13;/h2-4,6-7,10,14,17H,5,8-9,11-12H2,1H3;1H. The van der Waals surface area contributed by atoms with E-state index in [2.05, 4.69) is 33.6 Å². The van der Waals surface area contributed by atoms with E-state index in [1.54, 1.807) is 0 Å². The Morgan fingerprint density at radius 2 is 2.14 bits per heavy atom. The monoisotopic (exact) mass is 307 g/mol. The van der Waals surface area contributed by atoms with E-state index in [1.807, 2.05) is 25.2 Å². The average molecular weight is 308 g/mol. The summed E-state index contributed by atoms with van der Waals surface area (Å²) in [5, 5.41) is 7.54. The minimum absolute atomic E-state index is 0. The summed E-state index contributed by atoms with van der Waals surface area (Å²) in [6, 6.07) is 12.8. The Morgan fingerprint density at radius 3 is 2.90 bits per heavy atom. The lowest BCUT2D eigenvalue weighted by Crippen LogP contribution is -2.43. The van der Waals surface area contributed by atoms with Crippen molar-refractivity contribution in [3.05, 3.63) is 42.2 Å². The molecule has 0 radical (unpaired) electrons. The van der Waals surface area contributed by atoms with Gasteiger partial charge in [0.05, 0.1) is 6.54 Å². The number of benzene rings is 1. The predicted octanol–water partition coefficient (Wildman–Crippen LogP) is 2.95. The van der Waals surface area contributed by atoms with Crippen molar-refractivity contribution in [1.29, 1.82) is 0 Å². The summed E-state index contributed by atoms with van der Waals surface area (Å²) in [4.78, 5) is 2.43. The summed E-state index contributed by atoms with van der Waals surface area (Å²) < 4.78 is 5.48. The highest BCUT2D eigenvalue weighted by molar-refractivity contribution is 5.85. The van der Waals surface area contributed by atoms with Gasteiger partial charge in [-0.2, -0.15) is 0 Å². The van der Waals surface area contributed by atoms with Gasteiger partial charge in [0, 0.05) is 24.2 Å². The predicted molar refractivity (Wildman–Crippen MR) is 86.5 cm³/mol. The molecule has 2 heterocycles. The maximum absolute atomic E-state index is 5.48. The molecule has 1 aromatic carbocycles. The first kappa shape index (κ1) is 16.0. The molecule has 1 fully saturated rings. The fraction of sp³-hybridized carbons (Fsp3) is 0.438. The molecule has 1 aromatic heterocycles. The van der Waals surface area contributed by atoms with Crippen LogP contribution in [0.4, 0.5) is 0 Å². The molecule has 114 valence electrons. The van der Waals surface area contributed by atoms with Gasteiger partial charge in [-0.05, 0) is 26.4 Å². The van der Waals surface area contributed by atoms with Crippen LogP contribution in [0.3, 0.4) is 0 Å². The van der Waals surface area contributed by atoms with Gasteiger partial charge in [-0.15, -0.1) is 12.4 Å². The molecule has 3 rings (SSSR count). The van der Waals surface area contributed by atoms with Crippen LogP contribution in [-0.4, -0.2) is 36.2 Å². The summed E-state index contributed by atoms with van der Waals surface area (Å²) in [7, 11) is 2.04. The molecule has 1 atom stereocenters. The summed E-state index contributed by atoms with van der Waals surface area (Å²) >= 11 is 0. The van der Waals surface area contributed by atoms with Crippen LogP contribution in [0.5, 0.6) is 0 Å². The second-order valence-corrected chi connectivity index (χ2v) is 5.41. The Morgan fingerprint density at radius 1 is 1.33 bits per heavy atom. The largest absolute Gasteiger partial charge is 0.359 e. The Labute approximate surface area is 131 Å². The first-order valence-corrected chi connectivity index (χ1v) is 7.26. The number of halogens is 1. The Bertz CT molecular complexity index is 543. The smallest absolute Gasteiger partial charge is 0.151 e. The van der Waals surface area contributed by atoms with E-state index in [9.17, 15) is 0 Å². The molecular formula is C16H22ClN3O. The van der Waals surface area contributed by atoms with Crippen LogP contribution in [0.25, 0.3) is 11.3 Å². The van der Waals surface area contributed by atoms with Gasteiger partial charge in [0.1, 0.15) is 5.69 Å². The summed E-state index contributed by atoms with van der Waals surface area (Å²) in [5.41, 5.74) is 2.03. The van der Waals surface area contributed by atoms with Crippen molar-refractivity contribution in [2.75, 3.05) is 20.1 Å². The van der Waals surface area contributed by atoms with Gasteiger partial charge in [0.15, 0.2) is 5.76 Å². The SMILES string of the molecule is CNC1CCCN(Cc2cc(-c3ccccc3)no2)C1.Cl. The van der Waals surface area contributed by atoms with E-state index in [4.69, 9.17) is 4.52 Å². The van der Waals surface area contributed by atoms with E-state index in [0.29, 0.717) is 6.04 Å². The van der Waals surface area contributed by atoms with Crippen LogP contribution in [0.1, 0.15) is 18.6 Å². The molecule has 0 saturated carbocycles. The van der Waals surface area contributed by atoms with Crippen LogP contribution < -0.4 is 5.32 Å². The molecule has 1 aliphatic rings. The third-order valence-corrected chi connectivity index (χ3v) is 3.92. The average Bonchev–Trinajstić information content (AvgIpc) is 2.97. The molecule has 0 spiro atoms. The maximum Gasteiger partial charge on any atom is 0.151 e. The number of aromatic nitrogens is 1. The van der Waals surface area contributed by atoms with Gasteiger partial charge in [-0.3, -0.25) is 4.90 Å². The van der Waals surface area contributed by atoms with E-state index < -0.39 is 0 Å². The first-order valence-electron chi connectivity index (χ1n) is 7.26. The van der Waals surface area contributed by atoms with E-state index in [1.165, 1.54) is 12.8 Å². The third kappa shape index (κ3) is 4.06. The lowest BCUT2D eigenvalue weighted by Gasteiger charge is -2.31. The molecular weight excluding hydrogens is 286 g/mol. The second-order valence-electron chi connectivity index (χ2n) is 5.41. The highest BCUT2D eigenvalue weighted by Crippen LogP contribution is 2.20. The van der Waals surface area contributed by atoms with Crippen LogP contribution in [0.15, 0.2) is 40.9 Å². The molecule has 1 aliphatic heterocycles. The molecule has 4 nitrogen and oxygen atoms in total. The lowest BCUT2D eigenvalue weighted by atomic mass is 10.1. The summed E-state index contributed by atoms with van der Waals surface area (Å²) in [6.45, 7) is 3.06. The van der Waals surface area contributed by atoms with Crippen molar-refractivity contribution in [3.8, 4) is 11.3 Å². The van der Waals surface area contributed by atoms with Crippen molar-refractivity contribution in [2.45, 2.75) is 25.4 Å². The fourth-order valence-electron chi connectivity index (χ4n) is 2.79. The normalized spacial score (nSPS) is 19.2. The quantitative estimate of drug-likeness (QED) is 0.943. The van der Waals surface area contributed by atoms with Crippen molar-refractivity contribution in [3.63, 3.8) is 0 Å². The molecule has 1 saturated heterocycles. The number of likely N-dealkylation sites (tertiary alicyclic amines) is 1. The molecule has 21 heavy (non-hydrogen) atoms. The number of hydrogen-bond acceptors (Lipinski definition) is 4. The van der Waals surface area contributed by atoms with Gasteiger partial charge >= 0.3 is 0 Å². The van der Waals surface area contributed by atoms with Crippen molar-refractivity contribution >= 4 is 12.4 Å². The number of piperidine rings is 1. The number of nitrogens with one attached hydrogen (secondary N) is 1. The zero-order valence-electron chi connectivity index (χ0n) is 12.3. The molecule has 1 unspecified atom stereocenters. The van der Waals surface area contributed by atoms with Gasteiger partial charge in [-0.1, -0.05) is 35.5 Å². The Hall–Kier alpha value is -1.36. The van der Waals surface area contributed by atoms with Crippen molar-refractivity contribution in [2.24, 2.45) is 0 Å². The summed E-state index contributed by atoms with van der Waals surface area (Å²) in [5.74, 6) is 0.945. The second kappa shape index (κ2) is 7.59. The van der Waals surface area contributed by atoms with Gasteiger partial charge < -0.3 is 9.84 Å². The number of nitrogens with zero attached hydrogens (tertiary/aromatic N) is 2. The molecule has 1 N–H and O–H groups in total.